The van der Waals surface area contributed by atoms with Crippen LogP contribution in [0, 0.1) is 0 Å². The summed E-state index contributed by atoms with van der Waals surface area (Å²) >= 11 is 3.30. The Morgan fingerprint density at radius 3 is 3.08 bits per heavy atom. The van der Waals surface area contributed by atoms with E-state index in [0.717, 1.165) is 16.7 Å². The minimum Gasteiger partial charge on any atom is -0.262 e. The first-order chi connectivity index (χ1) is 5.83. The number of hydrazone groups is 1. The van der Waals surface area contributed by atoms with Gasteiger partial charge in [0.15, 0.2) is 0 Å². The molecule has 0 atom stereocenters. The van der Waals surface area contributed by atoms with Gasteiger partial charge in [0.05, 0.1) is 0 Å². The Labute approximate surface area is 80.0 Å². The molecule has 0 spiro atoms. The molecule has 0 bridgehead atoms. The average molecular weight is 228 g/mol. The number of pyridine rings is 1. The van der Waals surface area contributed by atoms with Gasteiger partial charge in [0, 0.05) is 16.9 Å². The second-order valence-corrected chi connectivity index (χ2v) is 3.11. The summed E-state index contributed by atoms with van der Waals surface area (Å²) in [7, 11) is 0. The maximum Gasteiger partial charge on any atom is 0.146 e. The molecule has 0 amide bonds. The molecule has 64 valence electrons. The third-order valence-electron chi connectivity index (χ3n) is 1.18. The zero-order valence-corrected chi connectivity index (χ0v) is 8.37. The summed E-state index contributed by atoms with van der Waals surface area (Å²) in [6.07, 6.45) is 4.44. The molecule has 0 aliphatic carbocycles. The number of rotatable bonds is 3. The van der Waals surface area contributed by atoms with Gasteiger partial charge in [-0.25, -0.2) is 4.98 Å². The molecule has 0 saturated heterocycles. The summed E-state index contributed by atoms with van der Waals surface area (Å²) < 4.78 is 0.965. The van der Waals surface area contributed by atoms with Crippen molar-refractivity contribution in [1.82, 2.24) is 4.98 Å². The van der Waals surface area contributed by atoms with Crippen molar-refractivity contribution in [2.75, 3.05) is 5.43 Å². The Balaban J connectivity index is 2.53. The highest BCUT2D eigenvalue weighted by Gasteiger charge is 1.89. The number of halogens is 1. The number of nitrogens with zero attached hydrogens (tertiary/aromatic N) is 2. The maximum atomic E-state index is 4.08. The van der Waals surface area contributed by atoms with Crippen LogP contribution < -0.4 is 5.43 Å². The highest BCUT2D eigenvalue weighted by molar-refractivity contribution is 9.10. The predicted octanol–water partition coefficient (Wildman–Crippen LogP) is 2.65. The molecular weight excluding hydrogens is 218 g/mol. The minimum absolute atomic E-state index is 0.753. The molecule has 3 nitrogen and oxygen atoms in total. The van der Waals surface area contributed by atoms with Gasteiger partial charge in [-0.1, -0.05) is 6.92 Å². The Bertz CT molecular complexity index is 256. The Hall–Kier alpha value is -0.900. The first kappa shape index (κ1) is 9.19. The van der Waals surface area contributed by atoms with Gasteiger partial charge in [-0.2, -0.15) is 5.10 Å². The lowest BCUT2D eigenvalue weighted by atomic mass is 10.5. The van der Waals surface area contributed by atoms with Crippen molar-refractivity contribution in [2.24, 2.45) is 5.10 Å². The van der Waals surface area contributed by atoms with Crippen LogP contribution in [0.2, 0.25) is 0 Å². The van der Waals surface area contributed by atoms with E-state index in [2.05, 4.69) is 31.4 Å². The monoisotopic (exact) mass is 227 g/mol. The molecule has 1 N–H and O–H groups in total. The largest absolute Gasteiger partial charge is 0.262 e. The Morgan fingerprint density at radius 2 is 2.50 bits per heavy atom. The molecule has 12 heavy (non-hydrogen) atoms. The molecule has 1 aromatic rings. The van der Waals surface area contributed by atoms with E-state index in [4.69, 9.17) is 0 Å². The highest BCUT2D eigenvalue weighted by atomic mass is 79.9. The van der Waals surface area contributed by atoms with Crippen LogP contribution in [0.1, 0.15) is 13.3 Å². The quantitative estimate of drug-likeness (QED) is 0.637. The lowest BCUT2D eigenvalue weighted by molar-refractivity contribution is 1.20. The number of aromatic nitrogens is 1. The van der Waals surface area contributed by atoms with Gasteiger partial charge in [-0.15, -0.1) is 0 Å². The second kappa shape index (κ2) is 4.87. The van der Waals surface area contributed by atoms with Crippen molar-refractivity contribution in [3.63, 3.8) is 0 Å². The van der Waals surface area contributed by atoms with E-state index in [0.29, 0.717) is 0 Å². The first-order valence-corrected chi connectivity index (χ1v) is 4.51. The van der Waals surface area contributed by atoms with Crippen LogP contribution >= 0.6 is 15.9 Å². The second-order valence-electron chi connectivity index (χ2n) is 2.19. The number of hydrogen-bond acceptors (Lipinski definition) is 3. The van der Waals surface area contributed by atoms with Crippen molar-refractivity contribution in [3.8, 4) is 0 Å². The Kier molecular flexibility index (Phi) is 3.73. The summed E-state index contributed by atoms with van der Waals surface area (Å²) in [6.45, 7) is 2.03. The normalized spacial score (nSPS) is 10.5. The molecule has 0 aliphatic heterocycles. The standard InChI is InChI=1S/C8H10BrN3/c1-2-5-11-12-8-4-3-7(9)6-10-8/h3-6H,2H2,1H3,(H,10,12)/b11-5+. The molecular formula is C8H10BrN3. The molecule has 0 fully saturated rings. The zero-order chi connectivity index (χ0) is 8.81. The SMILES string of the molecule is CC/C=N/Nc1ccc(Br)cn1. The van der Waals surface area contributed by atoms with Gasteiger partial charge in [-0.05, 0) is 34.5 Å². The van der Waals surface area contributed by atoms with E-state index in [9.17, 15) is 0 Å². The van der Waals surface area contributed by atoms with Crippen molar-refractivity contribution >= 4 is 28.0 Å². The summed E-state index contributed by atoms with van der Waals surface area (Å²) in [5, 5.41) is 3.94. The van der Waals surface area contributed by atoms with E-state index < -0.39 is 0 Å². The van der Waals surface area contributed by atoms with E-state index in [1.807, 2.05) is 19.1 Å². The molecule has 0 unspecified atom stereocenters. The molecule has 0 radical (unpaired) electrons. The predicted molar refractivity (Wildman–Crippen MR) is 54.3 cm³/mol. The summed E-state index contributed by atoms with van der Waals surface area (Å²) in [5.74, 6) is 0.753. The summed E-state index contributed by atoms with van der Waals surface area (Å²) in [5.41, 5.74) is 2.81. The summed E-state index contributed by atoms with van der Waals surface area (Å²) in [6, 6.07) is 3.77. The average Bonchev–Trinajstić information content (AvgIpc) is 2.09. The maximum absolute atomic E-state index is 4.08. The van der Waals surface area contributed by atoms with E-state index in [1.54, 1.807) is 12.4 Å². The molecule has 0 aromatic carbocycles. The molecule has 0 aliphatic rings. The molecule has 1 rings (SSSR count). The van der Waals surface area contributed by atoms with Gasteiger partial charge < -0.3 is 0 Å². The van der Waals surface area contributed by atoms with Crippen LogP contribution in [0.5, 0.6) is 0 Å². The topological polar surface area (TPSA) is 37.3 Å². The molecule has 1 heterocycles. The first-order valence-electron chi connectivity index (χ1n) is 3.72. The van der Waals surface area contributed by atoms with Crippen LogP contribution in [0.3, 0.4) is 0 Å². The van der Waals surface area contributed by atoms with Crippen molar-refractivity contribution in [2.45, 2.75) is 13.3 Å². The van der Waals surface area contributed by atoms with Crippen LogP contribution in [0.4, 0.5) is 5.82 Å². The van der Waals surface area contributed by atoms with Crippen molar-refractivity contribution in [1.29, 1.82) is 0 Å². The molecule has 0 saturated carbocycles. The fourth-order valence-corrected chi connectivity index (χ4v) is 0.880. The van der Waals surface area contributed by atoms with Gasteiger partial charge in [0.25, 0.3) is 0 Å². The Morgan fingerprint density at radius 1 is 1.67 bits per heavy atom. The summed E-state index contributed by atoms with van der Waals surface area (Å²) in [4.78, 5) is 4.08. The van der Waals surface area contributed by atoms with E-state index in [-0.39, 0.29) is 0 Å². The van der Waals surface area contributed by atoms with Crippen LogP contribution in [-0.2, 0) is 0 Å². The van der Waals surface area contributed by atoms with Crippen LogP contribution in [0.25, 0.3) is 0 Å². The van der Waals surface area contributed by atoms with Gasteiger partial charge in [0.1, 0.15) is 5.82 Å². The lowest BCUT2D eigenvalue weighted by Crippen LogP contribution is -1.91. The number of hydrogen-bond donors (Lipinski definition) is 1. The van der Waals surface area contributed by atoms with Crippen molar-refractivity contribution < 1.29 is 0 Å². The highest BCUT2D eigenvalue weighted by Crippen LogP contribution is 2.09. The van der Waals surface area contributed by atoms with Gasteiger partial charge >= 0.3 is 0 Å². The zero-order valence-electron chi connectivity index (χ0n) is 6.79. The minimum atomic E-state index is 0.753. The smallest absolute Gasteiger partial charge is 0.146 e. The third-order valence-corrected chi connectivity index (χ3v) is 1.65. The van der Waals surface area contributed by atoms with Gasteiger partial charge in [0.2, 0.25) is 0 Å². The van der Waals surface area contributed by atoms with Crippen LogP contribution in [-0.4, -0.2) is 11.2 Å². The van der Waals surface area contributed by atoms with Crippen molar-refractivity contribution in [3.05, 3.63) is 22.8 Å². The number of anilines is 1. The number of nitrogens with one attached hydrogen (secondary N) is 1. The van der Waals surface area contributed by atoms with Crippen LogP contribution in [0.15, 0.2) is 27.9 Å². The lowest BCUT2D eigenvalue weighted by Gasteiger charge is -1.97. The van der Waals surface area contributed by atoms with E-state index >= 15 is 0 Å². The third kappa shape index (κ3) is 3.00. The molecule has 1 aromatic heterocycles. The van der Waals surface area contributed by atoms with E-state index in [1.165, 1.54) is 0 Å². The molecule has 4 heteroatoms. The fourth-order valence-electron chi connectivity index (χ4n) is 0.645. The fraction of sp³-hybridized carbons (Fsp3) is 0.250. The van der Waals surface area contributed by atoms with Gasteiger partial charge in [-0.3, -0.25) is 5.43 Å².